The lowest BCUT2D eigenvalue weighted by Crippen LogP contribution is -1.78. The standard InChI is InChI=1S/C6H4N3/c1-2-4-9-5-7-8-6(9)3-1/h1-3,5H. The number of aromatic nitrogens is 3. The molecule has 3 heteroatoms. The monoisotopic (exact) mass is 118 g/mol. The van der Waals surface area contributed by atoms with Crippen LogP contribution in [0.2, 0.25) is 0 Å². The predicted octanol–water partition coefficient (Wildman–Crippen LogP) is 0.529. The summed E-state index contributed by atoms with van der Waals surface area (Å²) < 4.78 is 1.74. The van der Waals surface area contributed by atoms with E-state index in [4.69, 9.17) is 0 Å². The molecule has 0 bridgehead atoms. The Hall–Kier alpha value is -1.38. The summed E-state index contributed by atoms with van der Waals surface area (Å²) in [5.74, 6) is 0. The van der Waals surface area contributed by atoms with Crippen molar-refractivity contribution in [2.24, 2.45) is 0 Å². The largest absolute Gasteiger partial charge is 0.280 e. The third-order valence-electron chi connectivity index (χ3n) is 1.13. The molecular weight excluding hydrogens is 114 g/mol. The predicted molar refractivity (Wildman–Crippen MR) is 31.8 cm³/mol. The molecule has 0 atom stereocenters. The molecule has 2 aromatic rings. The summed E-state index contributed by atoms with van der Waals surface area (Å²) in [5.41, 5.74) is 0.831. The Balaban J connectivity index is 2.95. The molecule has 0 unspecified atom stereocenters. The maximum atomic E-state index is 3.80. The van der Waals surface area contributed by atoms with Gasteiger partial charge in [0.2, 0.25) is 0 Å². The van der Waals surface area contributed by atoms with Gasteiger partial charge in [-0.3, -0.25) is 4.40 Å². The number of pyridine rings is 1. The maximum Gasteiger partial charge on any atom is 0.161 e. The Kier molecular flexibility index (Phi) is 0.773. The number of fused-ring (bicyclic) bond motifs is 1. The average Bonchev–Trinajstić information content (AvgIpc) is 2.33. The van der Waals surface area contributed by atoms with Gasteiger partial charge in [-0.15, -0.1) is 10.2 Å². The molecule has 3 nitrogen and oxygen atoms in total. The molecule has 2 rings (SSSR count). The van der Waals surface area contributed by atoms with Crippen molar-refractivity contribution in [3.63, 3.8) is 0 Å². The Morgan fingerprint density at radius 1 is 1.56 bits per heavy atom. The summed E-state index contributed by atoms with van der Waals surface area (Å²) in [7, 11) is 0. The zero-order valence-corrected chi connectivity index (χ0v) is 4.65. The van der Waals surface area contributed by atoms with Crippen LogP contribution in [0.4, 0.5) is 0 Å². The van der Waals surface area contributed by atoms with Crippen LogP contribution < -0.4 is 0 Å². The van der Waals surface area contributed by atoms with Gasteiger partial charge in [0.25, 0.3) is 0 Å². The molecule has 0 aliphatic carbocycles. The van der Waals surface area contributed by atoms with Crippen molar-refractivity contribution in [1.29, 1.82) is 0 Å². The van der Waals surface area contributed by atoms with E-state index >= 15 is 0 Å². The van der Waals surface area contributed by atoms with E-state index in [1.54, 1.807) is 10.7 Å². The van der Waals surface area contributed by atoms with E-state index < -0.39 is 0 Å². The minimum atomic E-state index is 0.831. The summed E-state index contributed by atoms with van der Waals surface area (Å²) in [6.07, 6.45) is 4.54. The lowest BCUT2D eigenvalue weighted by Gasteiger charge is -1.83. The molecule has 2 aromatic heterocycles. The third kappa shape index (κ3) is 0.579. The van der Waals surface area contributed by atoms with Crippen molar-refractivity contribution < 1.29 is 0 Å². The number of hydrogen-bond donors (Lipinski definition) is 0. The van der Waals surface area contributed by atoms with Crippen LogP contribution in [0.3, 0.4) is 0 Å². The first kappa shape index (κ1) is 4.49. The molecule has 9 heavy (non-hydrogen) atoms. The normalized spacial score (nSPS) is 10.2. The molecule has 1 radical (unpaired) electrons. The van der Waals surface area contributed by atoms with Crippen LogP contribution >= 0.6 is 0 Å². The zero-order valence-electron chi connectivity index (χ0n) is 4.65. The Morgan fingerprint density at radius 2 is 2.56 bits per heavy atom. The van der Waals surface area contributed by atoms with Crippen molar-refractivity contribution in [2.45, 2.75) is 0 Å². The fourth-order valence-electron chi connectivity index (χ4n) is 0.715. The molecule has 2 heterocycles. The second-order valence-electron chi connectivity index (χ2n) is 1.71. The zero-order chi connectivity index (χ0) is 6.10. The second-order valence-corrected chi connectivity index (χ2v) is 1.71. The Morgan fingerprint density at radius 3 is 3.44 bits per heavy atom. The second kappa shape index (κ2) is 1.55. The molecule has 0 aromatic carbocycles. The highest BCUT2D eigenvalue weighted by Gasteiger charge is 1.87. The summed E-state index contributed by atoms with van der Waals surface area (Å²) in [4.78, 5) is 0. The molecule has 0 spiro atoms. The number of hydrogen-bond acceptors (Lipinski definition) is 2. The molecule has 43 valence electrons. The van der Waals surface area contributed by atoms with Gasteiger partial charge in [-0.2, -0.15) is 0 Å². The minimum Gasteiger partial charge on any atom is -0.280 e. The van der Waals surface area contributed by atoms with Crippen molar-refractivity contribution in [3.05, 3.63) is 30.7 Å². The van der Waals surface area contributed by atoms with E-state index in [-0.39, 0.29) is 0 Å². The minimum absolute atomic E-state index is 0.831. The lowest BCUT2D eigenvalue weighted by atomic mass is 10.5. The van der Waals surface area contributed by atoms with Gasteiger partial charge in [-0.25, -0.2) is 0 Å². The van der Waals surface area contributed by atoms with Crippen molar-refractivity contribution in [2.75, 3.05) is 0 Å². The SMILES string of the molecule is [c]1cccc2nncn12. The van der Waals surface area contributed by atoms with Gasteiger partial charge in [0.15, 0.2) is 5.65 Å². The first-order valence-corrected chi connectivity index (χ1v) is 2.63. The maximum absolute atomic E-state index is 3.80. The van der Waals surface area contributed by atoms with E-state index in [2.05, 4.69) is 16.4 Å². The molecule has 0 N–H and O–H groups in total. The topological polar surface area (TPSA) is 30.2 Å². The average molecular weight is 118 g/mol. The van der Waals surface area contributed by atoms with Crippen molar-refractivity contribution in [3.8, 4) is 0 Å². The quantitative estimate of drug-likeness (QED) is 0.505. The van der Waals surface area contributed by atoms with Crippen LogP contribution in [0.5, 0.6) is 0 Å². The Labute approximate surface area is 52.0 Å². The van der Waals surface area contributed by atoms with Gasteiger partial charge in [-0.1, -0.05) is 6.07 Å². The molecule has 0 saturated heterocycles. The summed E-state index contributed by atoms with van der Waals surface area (Å²) in [6, 6.07) is 5.57. The van der Waals surface area contributed by atoms with Gasteiger partial charge < -0.3 is 0 Å². The summed E-state index contributed by atoms with van der Waals surface area (Å²) in [5, 5.41) is 7.48. The van der Waals surface area contributed by atoms with E-state index in [0.717, 1.165) is 5.65 Å². The van der Waals surface area contributed by atoms with Crippen LogP contribution in [0.1, 0.15) is 0 Å². The van der Waals surface area contributed by atoms with Gasteiger partial charge in [-0.05, 0) is 12.1 Å². The number of nitrogens with zero attached hydrogens (tertiary/aromatic N) is 3. The van der Waals surface area contributed by atoms with Crippen LogP contribution in [0, 0.1) is 6.20 Å². The molecule has 0 amide bonds. The van der Waals surface area contributed by atoms with Gasteiger partial charge >= 0.3 is 0 Å². The first-order chi connectivity index (χ1) is 4.47. The molecule has 0 fully saturated rings. The van der Waals surface area contributed by atoms with Crippen LogP contribution in [0.15, 0.2) is 24.5 Å². The van der Waals surface area contributed by atoms with Gasteiger partial charge in [0, 0.05) is 0 Å². The van der Waals surface area contributed by atoms with E-state index in [1.807, 2.05) is 18.2 Å². The molecule has 0 aliphatic heterocycles. The lowest BCUT2D eigenvalue weighted by molar-refractivity contribution is 1.10. The first-order valence-electron chi connectivity index (χ1n) is 2.63. The van der Waals surface area contributed by atoms with E-state index in [9.17, 15) is 0 Å². The van der Waals surface area contributed by atoms with Gasteiger partial charge in [0.05, 0.1) is 6.20 Å². The molecule has 0 saturated carbocycles. The van der Waals surface area contributed by atoms with Gasteiger partial charge in [0.1, 0.15) is 6.33 Å². The smallest absolute Gasteiger partial charge is 0.161 e. The molecule has 0 aliphatic rings. The highest BCUT2D eigenvalue weighted by Crippen LogP contribution is 1.93. The van der Waals surface area contributed by atoms with Crippen molar-refractivity contribution >= 4 is 5.65 Å². The third-order valence-corrected chi connectivity index (χ3v) is 1.13. The summed E-state index contributed by atoms with van der Waals surface area (Å²) in [6.45, 7) is 0. The van der Waals surface area contributed by atoms with Crippen molar-refractivity contribution in [1.82, 2.24) is 14.6 Å². The van der Waals surface area contributed by atoms with Crippen LogP contribution in [-0.2, 0) is 0 Å². The highest BCUT2D eigenvalue weighted by atomic mass is 15.2. The Bertz CT molecular complexity index is 282. The van der Waals surface area contributed by atoms with E-state index in [0.29, 0.717) is 0 Å². The fraction of sp³-hybridized carbons (Fsp3) is 0. The van der Waals surface area contributed by atoms with E-state index in [1.165, 1.54) is 0 Å². The van der Waals surface area contributed by atoms with Crippen LogP contribution in [-0.4, -0.2) is 14.6 Å². The fourth-order valence-corrected chi connectivity index (χ4v) is 0.715. The van der Waals surface area contributed by atoms with Crippen LogP contribution in [0.25, 0.3) is 5.65 Å². The number of rotatable bonds is 0. The summed E-state index contributed by atoms with van der Waals surface area (Å²) >= 11 is 0. The molecular formula is C6H4N3. The highest BCUT2D eigenvalue weighted by molar-refractivity contribution is 5.34.